The highest BCUT2D eigenvalue weighted by atomic mass is 19.3. The quantitative estimate of drug-likeness (QED) is 0.743. The Balaban J connectivity index is 1.84. The van der Waals surface area contributed by atoms with Crippen molar-refractivity contribution in [2.45, 2.75) is 44.1 Å². The van der Waals surface area contributed by atoms with Crippen LogP contribution in [-0.2, 0) is 4.79 Å². The molecule has 0 aromatic carbocycles. The van der Waals surface area contributed by atoms with Crippen molar-refractivity contribution in [1.82, 2.24) is 4.90 Å². The van der Waals surface area contributed by atoms with E-state index in [9.17, 15) is 18.7 Å². The fourth-order valence-electron chi connectivity index (χ4n) is 2.48. The predicted molar refractivity (Wildman–Crippen MR) is 54.1 cm³/mol. The van der Waals surface area contributed by atoms with E-state index in [-0.39, 0.29) is 37.5 Å². The Bertz CT molecular complexity index is 286. The third-order valence-electron chi connectivity index (χ3n) is 3.44. The molecule has 1 amide bonds. The zero-order valence-electron chi connectivity index (χ0n) is 9.38. The highest BCUT2D eigenvalue weighted by molar-refractivity contribution is 5.80. The van der Waals surface area contributed by atoms with Crippen molar-refractivity contribution in [3.8, 4) is 0 Å². The molecule has 0 radical (unpaired) electrons. The van der Waals surface area contributed by atoms with Gasteiger partial charge in [-0.1, -0.05) is 0 Å². The minimum absolute atomic E-state index is 0.0676. The van der Waals surface area contributed by atoms with E-state index in [0.717, 1.165) is 0 Å². The molecule has 1 saturated heterocycles. The van der Waals surface area contributed by atoms with E-state index in [1.165, 1.54) is 0 Å². The Labute approximate surface area is 93.4 Å². The van der Waals surface area contributed by atoms with Crippen LogP contribution in [0, 0.1) is 5.92 Å². The van der Waals surface area contributed by atoms with Crippen LogP contribution in [0.25, 0.3) is 0 Å². The van der Waals surface area contributed by atoms with Crippen LogP contribution >= 0.6 is 0 Å². The molecular weight excluding hydrogens is 216 g/mol. The lowest BCUT2D eigenvalue weighted by Gasteiger charge is -2.46. The molecule has 0 aromatic heterocycles. The summed E-state index contributed by atoms with van der Waals surface area (Å²) in [5.74, 6) is -2.92. The molecule has 0 aromatic rings. The lowest BCUT2D eigenvalue weighted by Crippen LogP contribution is -2.63. The summed E-state index contributed by atoms with van der Waals surface area (Å²) in [4.78, 5) is 13.4. The number of nitrogens with zero attached hydrogens (tertiary/aromatic N) is 1. The molecule has 2 aliphatic rings. The molecule has 92 valence electrons. The molecule has 0 bridgehead atoms. The van der Waals surface area contributed by atoms with Crippen LogP contribution < -0.4 is 0 Å². The van der Waals surface area contributed by atoms with E-state index in [0.29, 0.717) is 13.1 Å². The second kappa shape index (κ2) is 3.65. The van der Waals surface area contributed by atoms with Crippen LogP contribution in [0.2, 0.25) is 0 Å². The van der Waals surface area contributed by atoms with E-state index in [1.54, 1.807) is 11.8 Å². The first-order valence-corrected chi connectivity index (χ1v) is 5.68. The lowest BCUT2D eigenvalue weighted by molar-refractivity contribution is -0.160. The number of hydrogen-bond donors (Lipinski definition) is 1. The number of hydrogen-bond acceptors (Lipinski definition) is 2. The van der Waals surface area contributed by atoms with Crippen LogP contribution in [0.3, 0.4) is 0 Å². The molecule has 0 unspecified atom stereocenters. The van der Waals surface area contributed by atoms with Crippen LogP contribution in [-0.4, -0.2) is 40.5 Å². The number of rotatable bonds is 1. The number of amides is 1. The number of carbonyl (C=O) groups is 1. The molecule has 1 saturated carbocycles. The summed E-state index contributed by atoms with van der Waals surface area (Å²) in [5.41, 5.74) is -0.783. The summed E-state index contributed by atoms with van der Waals surface area (Å²) in [6.07, 6.45) is 0.163. The van der Waals surface area contributed by atoms with E-state index in [4.69, 9.17) is 0 Å². The Morgan fingerprint density at radius 3 is 2.25 bits per heavy atom. The fraction of sp³-hybridized carbons (Fsp3) is 0.909. The summed E-state index contributed by atoms with van der Waals surface area (Å²) in [7, 11) is 0. The number of β-amino-alcohol motifs (C(OH)–C–C–N with tert-alkyl or cyclic N) is 1. The number of carbonyl (C=O) groups excluding carboxylic acids is 1. The van der Waals surface area contributed by atoms with Crippen molar-refractivity contribution < 1.29 is 18.7 Å². The maximum absolute atomic E-state index is 12.9. The third kappa shape index (κ3) is 2.34. The first kappa shape index (κ1) is 11.8. The summed E-state index contributed by atoms with van der Waals surface area (Å²) in [6.45, 7) is 2.34. The molecule has 0 atom stereocenters. The molecule has 16 heavy (non-hydrogen) atoms. The van der Waals surface area contributed by atoms with Gasteiger partial charge in [0.05, 0.1) is 18.7 Å². The largest absolute Gasteiger partial charge is 0.386 e. The first-order valence-electron chi connectivity index (χ1n) is 5.68. The van der Waals surface area contributed by atoms with E-state index >= 15 is 0 Å². The Morgan fingerprint density at radius 2 is 1.81 bits per heavy atom. The van der Waals surface area contributed by atoms with Crippen LogP contribution in [0.15, 0.2) is 0 Å². The number of aliphatic hydroxyl groups is 1. The van der Waals surface area contributed by atoms with Gasteiger partial charge in [-0.05, 0) is 19.8 Å². The number of likely N-dealkylation sites (tertiary alicyclic amines) is 1. The molecule has 0 spiro atoms. The van der Waals surface area contributed by atoms with Crippen molar-refractivity contribution in [2.24, 2.45) is 5.92 Å². The Hall–Kier alpha value is -0.710. The topological polar surface area (TPSA) is 40.5 Å². The Kier molecular flexibility index (Phi) is 2.69. The van der Waals surface area contributed by atoms with Gasteiger partial charge in [-0.2, -0.15) is 0 Å². The van der Waals surface area contributed by atoms with Gasteiger partial charge in [-0.3, -0.25) is 4.79 Å². The summed E-state index contributed by atoms with van der Waals surface area (Å²) in [6, 6.07) is 0. The number of halogens is 2. The van der Waals surface area contributed by atoms with Gasteiger partial charge >= 0.3 is 0 Å². The van der Waals surface area contributed by atoms with Crippen molar-refractivity contribution in [3.05, 3.63) is 0 Å². The fourth-order valence-corrected chi connectivity index (χ4v) is 2.48. The van der Waals surface area contributed by atoms with Gasteiger partial charge in [0.2, 0.25) is 11.8 Å². The summed E-state index contributed by atoms with van der Waals surface area (Å²) in [5, 5.41) is 9.50. The van der Waals surface area contributed by atoms with Gasteiger partial charge in [0.25, 0.3) is 0 Å². The molecule has 3 nitrogen and oxygen atoms in total. The van der Waals surface area contributed by atoms with Crippen molar-refractivity contribution in [2.75, 3.05) is 13.1 Å². The molecule has 5 heteroatoms. The average molecular weight is 233 g/mol. The van der Waals surface area contributed by atoms with Gasteiger partial charge in [0.1, 0.15) is 0 Å². The monoisotopic (exact) mass is 233 g/mol. The highest BCUT2D eigenvalue weighted by Crippen LogP contribution is 2.37. The lowest BCUT2D eigenvalue weighted by atomic mass is 9.84. The standard InChI is InChI=1S/C11H17F2NO2/c1-10(16)6-14(7-10)9(15)8-2-4-11(12,13)5-3-8/h8,16H,2-7H2,1H3. The SMILES string of the molecule is CC1(O)CN(C(=O)C2CCC(F)(F)CC2)C1. The highest BCUT2D eigenvalue weighted by Gasteiger charge is 2.44. The predicted octanol–water partition coefficient (Wildman–Crippen LogP) is 1.41. The zero-order chi connectivity index (χ0) is 12.0. The van der Waals surface area contributed by atoms with Crippen LogP contribution in [0.5, 0.6) is 0 Å². The molecule has 1 heterocycles. The normalized spacial score (nSPS) is 28.6. The average Bonchev–Trinajstić information content (AvgIpc) is 2.13. The van der Waals surface area contributed by atoms with E-state index in [2.05, 4.69) is 0 Å². The Morgan fingerprint density at radius 1 is 1.31 bits per heavy atom. The maximum atomic E-state index is 12.9. The van der Waals surface area contributed by atoms with Crippen molar-refractivity contribution in [1.29, 1.82) is 0 Å². The first-order chi connectivity index (χ1) is 7.29. The van der Waals surface area contributed by atoms with Crippen molar-refractivity contribution >= 4 is 5.91 Å². The van der Waals surface area contributed by atoms with E-state index in [1.807, 2.05) is 0 Å². The van der Waals surface area contributed by atoms with Gasteiger partial charge in [0, 0.05) is 18.8 Å². The second-order valence-electron chi connectivity index (χ2n) is 5.32. The zero-order valence-corrected chi connectivity index (χ0v) is 9.38. The second-order valence-corrected chi connectivity index (χ2v) is 5.32. The van der Waals surface area contributed by atoms with Gasteiger partial charge < -0.3 is 10.0 Å². The molecular formula is C11H17F2NO2. The maximum Gasteiger partial charge on any atom is 0.248 e. The molecule has 2 rings (SSSR count). The van der Waals surface area contributed by atoms with Gasteiger partial charge in [-0.25, -0.2) is 8.78 Å². The molecule has 1 aliphatic carbocycles. The van der Waals surface area contributed by atoms with Crippen molar-refractivity contribution in [3.63, 3.8) is 0 Å². The molecule has 1 aliphatic heterocycles. The van der Waals surface area contributed by atoms with Crippen LogP contribution in [0.1, 0.15) is 32.6 Å². The van der Waals surface area contributed by atoms with E-state index < -0.39 is 11.5 Å². The minimum atomic E-state index is -2.59. The number of alkyl halides is 2. The molecule has 2 fully saturated rings. The third-order valence-corrected chi connectivity index (χ3v) is 3.44. The minimum Gasteiger partial charge on any atom is -0.386 e. The summed E-state index contributed by atoms with van der Waals surface area (Å²) >= 11 is 0. The molecule has 1 N–H and O–H groups in total. The van der Waals surface area contributed by atoms with Gasteiger partial charge in [-0.15, -0.1) is 0 Å². The smallest absolute Gasteiger partial charge is 0.248 e. The summed E-state index contributed by atoms with van der Waals surface area (Å²) < 4.78 is 25.8. The van der Waals surface area contributed by atoms with Gasteiger partial charge in [0.15, 0.2) is 0 Å². The van der Waals surface area contributed by atoms with Crippen LogP contribution in [0.4, 0.5) is 8.78 Å².